The molecule has 0 saturated carbocycles. The molecule has 1 unspecified atom stereocenters. The van der Waals surface area contributed by atoms with Crippen LogP contribution >= 0.6 is 0 Å². The first-order valence-corrected chi connectivity index (χ1v) is 13.8. The Balaban J connectivity index is 1.11. The van der Waals surface area contributed by atoms with Crippen molar-refractivity contribution in [3.8, 4) is 11.8 Å². The highest BCUT2D eigenvalue weighted by molar-refractivity contribution is 5.81. The summed E-state index contributed by atoms with van der Waals surface area (Å²) in [4.78, 5) is 21.2. The molecule has 38 heavy (non-hydrogen) atoms. The van der Waals surface area contributed by atoms with E-state index >= 15 is 0 Å². The molecule has 0 spiro atoms. The minimum Gasteiger partial charge on any atom is -0.490 e. The lowest BCUT2D eigenvalue weighted by Crippen LogP contribution is -2.39. The molecule has 0 bridgehead atoms. The number of carbonyl (C=O) groups excluding carboxylic acids is 1. The van der Waals surface area contributed by atoms with Crippen molar-refractivity contribution >= 4 is 17.5 Å². The van der Waals surface area contributed by atoms with Gasteiger partial charge in [-0.25, -0.2) is 4.39 Å². The van der Waals surface area contributed by atoms with Crippen molar-refractivity contribution in [1.29, 1.82) is 5.26 Å². The first-order chi connectivity index (χ1) is 18.4. The summed E-state index contributed by atoms with van der Waals surface area (Å²) in [5, 5.41) is 13.3. The number of hydrogen-bond donors (Lipinski definition) is 0. The summed E-state index contributed by atoms with van der Waals surface area (Å²) >= 11 is 0. The highest BCUT2D eigenvalue weighted by Gasteiger charge is 2.33. The zero-order valence-corrected chi connectivity index (χ0v) is 22.2. The summed E-state index contributed by atoms with van der Waals surface area (Å²) in [7, 11) is 0. The molecule has 1 amide bonds. The lowest BCUT2D eigenvalue weighted by molar-refractivity contribution is -0.135. The van der Waals surface area contributed by atoms with Crippen LogP contribution in [0.2, 0.25) is 0 Å². The number of piperidine rings is 1. The molecule has 0 N–H and O–H groups in total. The van der Waals surface area contributed by atoms with Crippen LogP contribution in [0.4, 0.5) is 10.4 Å². The van der Waals surface area contributed by atoms with E-state index in [1.54, 1.807) is 17.0 Å². The molecule has 8 nitrogen and oxygen atoms in total. The highest BCUT2D eigenvalue weighted by atomic mass is 19.1. The van der Waals surface area contributed by atoms with Crippen molar-refractivity contribution < 1.29 is 18.4 Å². The first kappa shape index (κ1) is 26.2. The Morgan fingerprint density at radius 2 is 2.05 bits per heavy atom. The molecule has 2 aromatic rings. The molecule has 3 heterocycles. The van der Waals surface area contributed by atoms with Gasteiger partial charge in [-0.1, -0.05) is 31.1 Å². The summed E-state index contributed by atoms with van der Waals surface area (Å²) in [5.41, 5.74) is 1.90. The molecule has 2 fully saturated rings. The van der Waals surface area contributed by atoms with Crippen LogP contribution in [-0.4, -0.2) is 53.2 Å². The number of halogens is 1. The molecule has 1 aromatic carbocycles. The van der Waals surface area contributed by atoms with E-state index in [-0.39, 0.29) is 35.4 Å². The number of likely N-dealkylation sites (tertiary alicyclic amines) is 1. The highest BCUT2D eigenvalue weighted by Crippen LogP contribution is 2.34. The van der Waals surface area contributed by atoms with Crippen LogP contribution in [-0.2, 0) is 4.79 Å². The number of nitriles is 1. The van der Waals surface area contributed by atoms with E-state index in [4.69, 9.17) is 9.26 Å². The molecule has 1 aliphatic carbocycles. The van der Waals surface area contributed by atoms with E-state index in [0.29, 0.717) is 31.5 Å². The third kappa shape index (κ3) is 5.69. The minimum atomic E-state index is -0.361. The van der Waals surface area contributed by atoms with E-state index in [1.165, 1.54) is 0 Å². The van der Waals surface area contributed by atoms with E-state index in [9.17, 15) is 14.4 Å². The predicted octanol–water partition coefficient (Wildman–Crippen LogP) is 5.33. The van der Waals surface area contributed by atoms with Gasteiger partial charge in [0.25, 0.3) is 0 Å². The first-order valence-electron chi connectivity index (χ1n) is 13.8. The fourth-order valence-electron chi connectivity index (χ4n) is 5.63. The van der Waals surface area contributed by atoms with Gasteiger partial charge in [0.15, 0.2) is 17.4 Å². The van der Waals surface area contributed by atoms with Crippen molar-refractivity contribution in [2.45, 2.75) is 70.8 Å². The van der Waals surface area contributed by atoms with Gasteiger partial charge >= 0.3 is 6.01 Å². The Labute approximate surface area is 223 Å². The molecule has 2 saturated heterocycles. The summed E-state index contributed by atoms with van der Waals surface area (Å²) in [5.74, 6) is 1.19. The number of aromatic nitrogens is 2. The van der Waals surface area contributed by atoms with Gasteiger partial charge in [0.1, 0.15) is 6.04 Å². The summed E-state index contributed by atoms with van der Waals surface area (Å²) in [6, 6.07) is 7.70. The fraction of sp³-hybridized carbons (Fsp3) is 0.586. The maximum atomic E-state index is 14.9. The van der Waals surface area contributed by atoms with Gasteiger partial charge in [0.2, 0.25) is 5.91 Å². The molecule has 3 aliphatic rings. The average Bonchev–Trinajstić information content (AvgIpc) is 3.63. The number of rotatable bonds is 7. The maximum Gasteiger partial charge on any atom is 0.324 e. The molecule has 0 radical (unpaired) electrons. The zero-order valence-electron chi connectivity index (χ0n) is 22.2. The standard InChI is InChI=1S/C29H36FN5O3/c1-19(2)27-32-29(38-33-27)34-14-11-20(12-15-34)18-37-26-10-9-23(16-25(26)30)21-5-7-22(8-6-21)28(36)35-13-3-4-24(35)17-31/h5,9-10,16,19-20,22,24H,3-4,6-8,11-15,18H2,1-2H3/t22?,24-/m1/s1. The number of ether oxygens (including phenoxy) is 1. The van der Waals surface area contributed by atoms with Gasteiger partial charge in [0, 0.05) is 31.5 Å². The van der Waals surface area contributed by atoms with Gasteiger partial charge < -0.3 is 19.1 Å². The van der Waals surface area contributed by atoms with Gasteiger partial charge in [-0.15, -0.1) is 0 Å². The van der Waals surface area contributed by atoms with Crippen LogP contribution in [0.5, 0.6) is 5.75 Å². The van der Waals surface area contributed by atoms with E-state index in [0.717, 1.165) is 68.6 Å². The van der Waals surface area contributed by atoms with E-state index < -0.39 is 0 Å². The van der Waals surface area contributed by atoms with E-state index in [2.05, 4.69) is 27.2 Å². The third-order valence-electron chi connectivity index (χ3n) is 8.05. The Morgan fingerprint density at radius 1 is 1.24 bits per heavy atom. The number of benzene rings is 1. The topological polar surface area (TPSA) is 95.5 Å². The number of hydrogen-bond acceptors (Lipinski definition) is 7. The van der Waals surface area contributed by atoms with Crippen molar-refractivity contribution in [2.24, 2.45) is 11.8 Å². The Kier molecular flexibility index (Phi) is 7.96. The molecule has 1 aromatic heterocycles. The maximum absolute atomic E-state index is 14.9. The molecule has 2 atom stereocenters. The van der Waals surface area contributed by atoms with Crippen LogP contribution in [0.15, 0.2) is 28.8 Å². The quantitative estimate of drug-likeness (QED) is 0.486. The molecule has 202 valence electrons. The van der Waals surface area contributed by atoms with Crippen LogP contribution in [0, 0.1) is 29.0 Å². The number of anilines is 1. The monoisotopic (exact) mass is 521 g/mol. The van der Waals surface area contributed by atoms with Gasteiger partial charge in [-0.3, -0.25) is 4.79 Å². The van der Waals surface area contributed by atoms with E-state index in [1.807, 2.05) is 19.9 Å². The van der Waals surface area contributed by atoms with Gasteiger partial charge in [0.05, 0.1) is 12.7 Å². The minimum absolute atomic E-state index is 0.0857. The predicted molar refractivity (Wildman–Crippen MR) is 141 cm³/mol. The second kappa shape index (κ2) is 11.5. The fourth-order valence-corrected chi connectivity index (χ4v) is 5.63. The Bertz CT molecular complexity index is 1210. The summed E-state index contributed by atoms with van der Waals surface area (Å²) in [6.07, 6.45) is 7.62. The molecule has 9 heteroatoms. The number of amides is 1. The van der Waals surface area contributed by atoms with Gasteiger partial charge in [-0.2, -0.15) is 10.2 Å². The average molecular weight is 522 g/mol. The van der Waals surface area contributed by atoms with Gasteiger partial charge in [-0.05, 0) is 74.1 Å². The lowest BCUT2D eigenvalue weighted by atomic mass is 9.85. The van der Waals surface area contributed by atoms with Crippen LogP contribution < -0.4 is 9.64 Å². The molecule has 5 rings (SSSR count). The normalized spacial score (nSPS) is 22.4. The Morgan fingerprint density at radius 3 is 2.71 bits per heavy atom. The second-order valence-corrected chi connectivity index (χ2v) is 11.0. The zero-order chi connectivity index (χ0) is 26.6. The third-order valence-corrected chi connectivity index (χ3v) is 8.05. The molecule has 2 aliphatic heterocycles. The van der Waals surface area contributed by atoms with Crippen molar-refractivity contribution in [1.82, 2.24) is 15.0 Å². The molecular formula is C29H36FN5O3. The molecular weight excluding hydrogens is 485 g/mol. The largest absolute Gasteiger partial charge is 0.490 e. The summed E-state index contributed by atoms with van der Waals surface area (Å²) < 4.78 is 26.2. The van der Waals surface area contributed by atoms with Crippen LogP contribution in [0.1, 0.15) is 76.1 Å². The van der Waals surface area contributed by atoms with Crippen molar-refractivity contribution in [3.63, 3.8) is 0 Å². The lowest BCUT2D eigenvalue weighted by Gasteiger charge is -2.30. The summed E-state index contributed by atoms with van der Waals surface area (Å²) in [6.45, 7) is 6.83. The number of nitrogens with zero attached hydrogens (tertiary/aromatic N) is 5. The van der Waals surface area contributed by atoms with Crippen LogP contribution in [0.25, 0.3) is 5.57 Å². The SMILES string of the molecule is CC(C)c1noc(N2CCC(COc3ccc(C4=CCC(C(=O)N5CCC[C@@H]5C#N)CC4)cc3F)CC2)n1. The van der Waals surface area contributed by atoms with Crippen molar-refractivity contribution in [2.75, 3.05) is 31.1 Å². The smallest absolute Gasteiger partial charge is 0.324 e. The van der Waals surface area contributed by atoms with Crippen molar-refractivity contribution in [3.05, 3.63) is 41.5 Å². The number of allylic oxidation sites excluding steroid dienone is 2. The second-order valence-electron chi connectivity index (χ2n) is 11.0. The van der Waals surface area contributed by atoms with Crippen LogP contribution in [0.3, 0.4) is 0 Å². The Hall–Kier alpha value is -3.41. The number of carbonyl (C=O) groups is 1.